The number of benzene rings is 2. The molecule has 0 aliphatic heterocycles. The average molecular weight is 354 g/mol. The van der Waals surface area contributed by atoms with Crippen molar-refractivity contribution in [2.45, 2.75) is 32.3 Å². The van der Waals surface area contributed by atoms with Crippen molar-refractivity contribution in [2.75, 3.05) is 18.9 Å². The van der Waals surface area contributed by atoms with Crippen LogP contribution in [0.15, 0.2) is 54.6 Å². The van der Waals surface area contributed by atoms with Crippen LogP contribution in [0.2, 0.25) is 0 Å². The monoisotopic (exact) mass is 354 g/mol. The third kappa shape index (κ3) is 5.09. The Bertz CT molecular complexity index is 731. The molecule has 0 aliphatic carbocycles. The number of nitrogens with one attached hydrogen (secondary N) is 2. The number of ether oxygens (including phenoxy) is 1. The second-order valence-corrected chi connectivity index (χ2v) is 6.10. The van der Waals surface area contributed by atoms with Crippen LogP contribution in [0, 0.1) is 0 Å². The minimum atomic E-state index is -0.860. The molecule has 0 saturated heterocycles. The molecule has 1 amide bonds. The topological polar surface area (TPSA) is 67.4 Å². The van der Waals surface area contributed by atoms with E-state index < -0.39 is 12.1 Å². The first-order valence-electron chi connectivity index (χ1n) is 8.87. The van der Waals surface area contributed by atoms with Gasteiger partial charge in [-0.3, -0.25) is 4.79 Å². The van der Waals surface area contributed by atoms with Gasteiger partial charge in [0.15, 0.2) is 6.10 Å². The van der Waals surface area contributed by atoms with E-state index in [4.69, 9.17) is 4.74 Å². The van der Waals surface area contributed by atoms with Crippen LogP contribution in [0.1, 0.15) is 42.1 Å². The Kier molecular flexibility index (Phi) is 7.21. The van der Waals surface area contributed by atoms with Gasteiger partial charge >= 0.3 is 5.97 Å². The van der Waals surface area contributed by atoms with Gasteiger partial charge in [0.25, 0.3) is 5.91 Å². The first-order valence-corrected chi connectivity index (χ1v) is 8.87. The first-order chi connectivity index (χ1) is 12.6. The van der Waals surface area contributed by atoms with Crippen molar-refractivity contribution in [3.8, 4) is 0 Å². The molecule has 0 aliphatic rings. The molecule has 2 rings (SSSR count). The van der Waals surface area contributed by atoms with Crippen molar-refractivity contribution >= 4 is 17.6 Å². The van der Waals surface area contributed by atoms with Crippen molar-refractivity contribution in [2.24, 2.45) is 0 Å². The van der Waals surface area contributed by atoms with Crippen LogP contribution in [0.3, 0.4) is 0 Å². The van der Waals surface area contributed by atoms with E-state index >= 15 is 0 Å². The number of hydrogen-bond donors (Lipinski definition) is 2. The summed E-state index contributed by atoms with van der Waals surface area (Å²) in [4.78, 5) is 24.6. The van der Waals surface area contributed by atoms with Gasteiger partial charge in [-0.1, -0.05) is 49.4 Å². The molecule has 2 aromatic carbocycles. The quantitative estimate of drug-likeness (QED) is 0.711. The van der Waals surface area contributed by atoms with E-state index in [0.717, 1.165) is 6.42 Å². The van der Waals surface area contributed by atoms with Gasteiger partial charge in [-0.25, -0.2) is 4.79 Å². The molecule has 2 aromatic rings. The van der Waals surface area contributed by atoms with Gasteiger partial charge in [0.1, 0.15) is 0 Å². The fourth-order valence-electron chi connectivity index (χ4n) is 2.75. The van der Waals surface area contributed by atoms with Crippen molar-refractivity contribution in [3.63, 3.8) is 0 Å². The predicted molar refractivity (Wildman–Crippen MR) is 103 cm³/mol. The zero-order valence-corrected chi connectivity index (χ0v) is 15.5. The standard InChI is InChI=1S/C21H26N2O3/c1-4-16(17-10-6-5-7-11-17)14-23-20(24)15(2)26-21(25)18-12-8-9-13-19(18)22-3/h5-13,15-16,22H,4,14H2,1-3H3,(H,23,24)/t15-,16-/m0/s1. The SMILES string of the molecule is CC[C@@H](CNC(=O)[C@H](C)OC(=O)c1ccccc1NC)c1ccccc1. The van der Waals surface area contributed by atoms with Crippen LogP contribution < -0.4 is 10.6 Å². The predicted octanol–water partition coefficient (Wildman–Crippen LogP) is 3.58. The number of rotatable bonds is 8. The first kappa shape index (κ1) is 19.5. The van der Waals surface area contributed by atoms with E-state index in [1.807, 2.05) is 24.3 Å². The fourth-order valence-corrected chi connectivity index (χ4v) is 2.75. The van der Waals surface area contributed by atoms with Gasteiger partial charge < -0.3 is 15.4 Å². The maximum atomic E-state index is 12.3. The van der Waals surface area contributed by atoms with Gasteiger partial charge in [0.05, 0.1) is 5.56 Å². The van der Waals surface area contributed by atoms with Crippen molar-refractivity contribution < 1.29 is 14.3 Å². The van der Waals surface area contributed by atoms with Crippen molar-refractivity contribution in [1.29, 1.82) is 0 Å². The number of esters is 1. The lowest BCUT2D eigenvalue weighted by atomic mass is 9.96. The summed E-state index contributed by atoms with van der Waals surface area (Å²) in [5.74, 6) is -0.588. The number of anilines is 1. The average Bonchev–Trinajstić information content (AvgIpc) is 2.68. The Balaban J connectivity index is 1.92. The highest BCUT2D eigenvalue weighted by molar-refractivity contribution is 5.97. The third-order valence-electron chi connectivity index (χ3n) is 4.36. The Morgan fingerprint density at radius 2 is 1.69 bits per heavy atom. The molecule has 0 heterocycles. The highest BCUT2D eigenvalue weighted by atomic mass is 16.5. The fraction of sp³-hybridized carbons (Fsp3) is 0.333. The van der Waals surface area contributed by atoms with E-state index in [1.54, 1.807) is 32.2 Å². The van der Waals surface area contributed by atoms with Crippen LogP contribution in [0.25, 0.3) is 0 Å². The summed E-state index contributed by atoms with van der Waals surface area (Å²) < 4.78 is 5.32. The van der Waals surface area contributed by atoms with Crippen LogP contribution in [0.4, 0.5) is 5.69 Å². The minimum absolute atomic E-state index is 0.230. The molecular formula is C21H26N2O3. The Morgan fingerprint density at radius 1 is 1.04 bits per heavy atom. The molecule has 0 unspecified atom stereocenters. The highest BCUT2D eigenvalue weighted by Gasteiger charge is 2.21. The lowest BCUT2D eigenvalue weighted by Crippen LogP contribution is -2.38. The summed E-state index contributed by atoms with van der Waals surface area (Å²) in [6.07, 6.45) is 0.0503. The Labute approximate surface area is 154 Å². The van der Waals surface area contributed by atoms with Crippen molar-refractivity contribution in [1.82, 2.24) is 5.32 Å². The van der Waals surface area contributed by atoms with Crippen LogP contribution >= 0.6 is 0 Å². The molecule has 0 spiro atoms. The molecule has 0 radical (unpaired) electrons. The number of hydrogen-bond acceptors (Lipinski definition) is 4. The van der Waals surface area contributed by atoms with Crippen LogP contribution in [-0.4, -0.2) is 31.6 Å². The second-order valence-electron chi connectivity index (χ2n) is 6.10. The van der Waals surface area contributed by atoms with E-state index in [-0.39, 0.29) is 11.8 Å². The largest absolute Gasteiger partial charge is 0.449 e. The lowest BCUT2D eigenvalue weighted by molar-refractivity contribution is -0.129. The normalized spacial score (nSPS) is 12.7. The van der Waals surface area contributed by atoms with E-state index in [0.29, 0.717) is 17.8 Å². The summed E-state index contributed by atoms with van der Waals surface area (Å²) in [6.45, 7) is 4.18. The molecule has 0 aromatic heterocycles. The lowest BCUT2D eigenvalue weighted by Gasteiger charge is -2.19. The maximum Gasteiger partial charge on any atom is 0.341 e. The van der Waals surface area contributed by atoms with E-state index in [1.165, 1.54) is 5.56 Å². The molecule has 26 heavy (non-hydrogen) atoms. The number of carbonyl (C=O) groups is 2. The van der Waals surface area contributed by atoms with Gasteiger partial charge in [-0.2, -0.15) is 0 Å². The van der Waals surface area contributed by atoms with E-state index in [2.05, 4.69) is 29.7 Å². The highest BCUT2D eigenvalue weighted by Crippen LogP contribution is 2.18. The molecule has 5 nitrogen and oxygen atoms in total. The van der Waals surface area contributed by atoms with Crippen LogP contribution in [0.5, 0.6) is 0 Å². The summed E-state index contributed by atoms with van der Waals surface area (Å²) in [5, 5.41) is 5.83. The molecule has 0 fully saturated rings. The molecule has 0 saturated carbocycles. The van der Waals surface area contributed by atoms with Gasteiger partial charge in [0.2, 0.25) is 0 Å². The molecule has 2 atom stereocenters. The summed E-state index contributed by atoms with van der Waals surface area (Å²) in [5.41, 5.74) is 2.26. The Hall–Kier alpha value is -2.82. The maximum absolute atomic E-state index is 12.3. The number of amides is 1. The number of carbonyl (C=O) groups excluding carboxylic acids is 2. The smallest absolute Gasteiger partial charge is 0.341 e. The van der Waals surface area contributed by atoms with Crippen molar-refractivity contribution in [3.05, 3.63) is 65.7 Å². The van der Waals surface area contributed by atoms with Gasteiger partial charge in [0, 0.05) is 25.2 Å². The molecule has 5 heteroatoms. The molecular weight excluding hydrogens is 328 g/mol. The second kappa shape index (κ2) is 9.61. The third-order valence-corrected chi connectivity index (χ3v) is 4.36. The minimum Gasteiger partial charge on any atom is -0.449 e. The molecule has 2 N–H and O–H groups in total. The molecule has 0 bridgehead atoms. The van der Waals surface area contributed by atoms with E-state index in [9.17, 15) is 9.59 Å². The summed E-state index contributed by atoms with van der Waals surface area (Å²) in [7, 11) is 1.73. The zero-order chi connectivity index (χ0) is 18.9. The Morgan fingerprint density at radius 3 is 2.35 bits per heavy atom. The van der Waals surface area contributed by atoms with Crippen LogP contribution in [-0.2, 0) is 9.53 Å². The summed E-state index contributed by atoms with van der Waals surface area (Å²) >= 11 is 0. The zero-order valence-electron chi connectivity index (χ0n) is 15.5. The number of para-hydroxylation sites is 1. The summed E-state index contributed by atoms with van der Waals surface area (Å²) in [6, 6.07) is 17.1. The molecule has 138 valence electrons. The van der Waals surface area contributed by atoms with Gasteiger partial charge in [-0.15, -0.1) is 0 Å². The van der Waals surface area contributed by atoms with Gasteiger partial charge in [-0.05, 0) is 31.0 Å².